The molecule has 2 fully saturated rings. The summed E-state index contributed by atoms with van der Waals surface area (Å²) in [5.41, 5.74) is 1.84. The van der Waals surface area contributed by atoms with Crippen LogP contribution in [0.4, 0.5) is 0 Å². The number of ether oxygens (including phenoxy) is 1. The number of aliphatic hydroxyl groups excluding tert-OH is 1. The molecule has 0 aromatic heterocycles. The zero-order valence-corrected chi connectivity index (χ0v) is 17.5. The van der Waals surface area contributed by atoms with E-state index in [1.165, 1.54) is 12.5 Å². The monoisotopic (exact) mass is 404 g/mol. The Hall–Kier alpha value is -1.39. The topological polar surface area (TPSA) is 63.6 Å². The highest BCUT2D eigenvalue weighted by Gasteiger charge is 2.60. The van der Waals surface area contributed by atoms with E-state index in [0.29, 0.717) is 18.3 Å². The molecule has 4 aliphatic carbocycles. The summed E-state index contributed by atoms with van der Waals surface area (Å²) in [5.74, 6) is 0.637. The van der Waals surface area contributed by atoms with E-state index in [2.05, 4.69) is 19.9 Å². The highest BCUT2D eigenvalue weighted by Crippen LogP contribution is 2.65. The molecule has 4 aliphatic rings. The van der Waals surface area contributed by atoms with Gasteiger partial charge in [-0.05, 0) is 60.7 Å². The Morgan fingerprint density at radius 2 is 2.18 bits per heavy atom. The molecule has 0 amide bonds. The molecule has 0 aliphatic heterocycles. The fourth-order valence-corrected chi connectivity index (χ4v) is 7.09. The third kappa shape index (κ3) is 2.91. The molecular formula is C23H29ClO4. The molecule has 152 valence electrons. The lowest BCUT2D eigenvalue weighted by atomic mass is 9.47. The van der Waals surface area contributed by atoms with Gasteiger partial charge in [0.15, 0.2) is 5.78 Å². The zero-order chi connectivity index (χ0) is 20.3. The van der Waals surface area contributed by atoms with Gasteiger partial charge >= 0.3 is 5.97 Å². The van der Waals surface area contributed by atoms with Gasteiger partial charge < -0.3 is 9.84 Å². The van der Waals surface area contributed by atoms with Crippen molar-refractivity contribution in [2.45, 2.75) is 57.9 Å². The SMILES string of the molecule is CC(=O)OCC(Cl)C1=CCC2C3CCC4=CC(=O)C=CC4(C)C3C(O)CC12C. The van der Waals surface area contributed by atoms with E-state index in [9.17, 15) is 14.7 Å². The first-order chi connectivity index (χ1) is 13.2. The van der Waals surface area contributed by atoms with Gasteiger partial charge in [-0.25, -0.2) is 0 Å². The highest BCUT2D eigenvalue weighted by molar-refractivity contribution is 6.22. The summed E-state index contributed by atoms with van der Waals surface area (Å²) in [7, 11) is 0. The summed E-state index contributed by atoms with van der Waals surface area (Å²) in [6, 6.07) is 0. The molecule has 1 N–H and O–H groups in total. The van der Waals surface area contributed by atoms with Gasteiger partial charge in [0.05, 0.1) is 11.5 Å². The summed E-state index contributed by atoms with van der Waals surface area (Å²) in [6.07, 6.45) is 10.7. The largest absolute Gasteiger partial charge is 0.464 e. The smallest absolute Gasteiger partial charge is 0.302 e. The van der Waals surface area contributed by atoms with E-state index in [4.69, 9.17) is 16.3 Å². The number of aliphatic hydroxyl groups is 1. The van der Waals surface area contributed by atoms with Crippen molar-refractivity contribution >= 4 is 23.4 Å². The molecule has 0 spiro atoms. The summed E-state index contributed by atoms with van der Waals surface area (Å²) < 4.78 is 5.15. The van der Waals surface area contributed by atoms with E-state index < -0.39 is 6.10 Å². The molecule has 4 rings (SSSR count). The molecule has 0 bridgehead atoms. The van der Waals surface area contributed by atoms with Crippen LogP contribution in [0, 0.1) is 28.6 Å². The van der Waals surface area contributed by atoms with Crippen LogP contribution in [0.1, 0.15) is 46.5 Å². The van der Waals surface area contributed by atoms with Gasteiger partial charge in [0.1, 0.15) is 6.61 Å². The average molecular weight is 405 g/mol. The minimum Gasteiger partial charge on any atom is -0.464 e. The van der Waals surface area contributed by atoms with Gasteiger partial charge in [0.25, 0.3) is 0 Å². The van der Waals surface area contributed by atoms with E-state index in [-0.39, 0.29) is 40.5 Å². The minimum atomic E-state index is -0.461. The van der Waals surface area contributed by atoms with Crippen molar-refractivity contribution in [3.63, 3.8) is 0 Å². The third-order valence-electron chi connectivity index (χ3n) is 7.91. The van der Waals surface area contributed by atoms with E-state index in [0.717, 1.165) is 24.8 Å². The van der Waals surface area contributed by atoms with Crippen LogP contribution in [0.15, 0.2) is 35.5 Å². The molecule has 0 aromatic rings. The lowest BCUT2D eigenvalue weighted by Crippen LogP contribution is -2.55. The lowest BCUT2D eigenvalue weighted by Gasteiger charge is -2.58. The Morgan fingerprint density at radius 3 is 2.89 bits per heavy atom. The quantitative estimate of drug-likeness (QED) is 0.439. The molecule has 0 aromatic carbocycles. The van der Waals surface area contributed by atoms with Crippen LogP contribution in [0.5, 0.6) is 0 Å². The van der Waals surface area contributed by atoms with Crippen molar-refractivity contribution in [2.75, 3.05) is 6.61 Å². The van der Waals surface area contributed by atoms with Crippen LogP contribution >= 0.6 is 11.6 Å². The number of ketones is 1. The Balaban J connectivity index is 1.62. The van der Waals surface area contributed by atoms with Crippen molar-refractivity contribution < 1.29 is 19.4 Å². The fourth-order valence-electron chi connectivity index (χ4n) is 6.69. The van der Waals surface area contributed by atoms with Crippen molar-refractivity contribution in [3.05, 3.63) is 35.5 Å². The van der Waals surface area contributed by atoms with Crippen molar-refractivity contribution in [3.8, 4) is 0 Å². The summed E-state index contributed by atoms with van der Waals surface area (Å²) in [6.45, 7) is 5.96. The second-order valence-corrected chi connectivity index (χ2v) is 9.90. The molecule has 7 atom stereocenters. The minimum absolute atomic E-state index is 0.0568. The number of fused-ring (bicyclic) bond motifs is 5. The van der Waals surface area contributed by atoms with Crippen molar-refractivity contribution in [1.82, 2.24) is 0 Å². The number of hydrogen-bond donors (Lipinski definition) is 1. The molecule has 0 saturated heterocycles. The normalized spacial score (nSPS) is 42.7. The van der Waals surface area contributed by atoms with Gasteiger partial charge in [-0.3, -0.25) is 9.59 Å². The van der Waals surface area contributed by atoms with E-state index in [1.54, 1.807) is 12.2 Å². The molecule has 0 heterocycles. The molecule has 0 radical (unpaired) electrons. The molecule has 5 heteroatoms. The number of carbonyl (C=O) groups excluding carboxylic acids is 2. The fraction of sp³-hybridized carbons (Fsp3) is 0.652. The summed E-state index contributed by atoms with van der Waals surface area (Å²) >= 11 is 6.63. The van der Waals surface area contributed by atoms with Crippen molar-refractivity contribution in [1.29, 1.82) is 0 Å². The maximum absolute atomic E-state index is 11.9. The van der Waals surface area contributed by atoms with Crippen LogP contribution in [-0.2, 0) is 14.3 Å². The number of esters is 1. The summed E-state index contributed by atoms with van der Waals surface area (Å²) in [5, 5.41) is 10.9. The Labute approximate surface area is 171 Å². The number of carbonyl (C=O) groups is 2. The van der Waals surface area contributed by atoms with Crippen molar-refractivity contribution in [2.24, 2.45) is 28.6 Å². The van der Waals surface area contributed by atoms with Crippen LogP contribution in [0.3, 0.4) is 0 Å². The van der Waals surface area contributed by atoms with Gasteiger partial charge in [0, 0.05) is 18.3 Å². The Kier molecular flexibility index (Phi) is 4.86. The number of allylic oxidation sites excluding steroid dienone is 5. The molecule has 28 heavy (non-hydrogen) atoms. The number of halogens is 1. The first kappa shape index (κ1) is 19.9. The maximum Gasteiger partial charge on any atom is 0.302 e. The first-order valence-electron chi connectivity index (χ1n) is 10.3. The second-order valence-electron chi connectivity index (χ2n) is 9.38. The van der Waals surface area contributed by atoms with Gasteiger partial charge in [-0.15, -0.1) is 11.6 Å². The Bertz CT molecular complexity index is 796. The van der Waals surface area contributed by atoms with E-state index >= 15 is 0 Å². The first-order valence-corrected chi connectivity index (χ1v) is 10.7. The average Bonchev–Trinajstić information content (AvgIpc) is 2.96. The number of rotatable bonds is 3. The molecule has 2 saturated carbocycles. The molecule has 7 unspecified atom stereocenters. The second kappa shape index (κ2) is 6.84. The maximum atomic E-state index is 11.9. The predicted molar refractivity (Wildman–Crippen MR) is 108 cm³/mol. The van der Waals surface area contributed by atoms with Crippen LogP contribution in [-0.4, -0.2) is 34.9 Å². The van der Waals surface area contributed by atoms with E-state index in [1.807, 2.05) is 6.08 Å². The van der Waals surface area contributed by atoms with Crippen LogP contribution < -0.4 is 0 Å². The predicted octanol–water partition coefficient (Wildman–Crippen LogP) is 3.97. The van der Waals surface area contributed by atoms with Crippen LogP contribution in [0.2, 0.25) is 0 Å². The standard InChI is InChI=1S/C23H29ClO4/c1-13(25)28-12-19(24)18-7-6-17-16-5-4-14-10-15(26)8-9-22(14,2)21(16)20(27)11-23(17,18)3/h7-10,16-17,19-21,27H,4-6,11-12H2,1-3H3. The van der Waals surface area contributed by atoms with Gasteiger partial charge in [0.2, 0.25) is 0 Å². The highest BCUT2D eigenvalue weighted by atomic mass is 35.5. The third-order valence-corrected chi connectivity index (χ3v) is 8.27. The van der Waals surface area contributed by atoms with Crippen LogP contribution in [0.25, 0.3) is 0 Å². The number of alkyl halides is 1. The number of hydrogen-bond acceptors (Lipinski definition) is 4. The van der Waals surface area contributed by atoms with Gasteiger partial charge in [-0.1, -0.05) is 31.6 Å². The molecule has 4 nitrogen and oxygen atoms in total. The summed E-state index contributed by atoms with van der Waals surface area (Å²) in [4.78, 5) is 23.1. The van der Waals surface area contributed by atoms with Gasteiger partial charge in [-0.2, -0.15) is 0 Å². The lowest BCUT2D eigenvalue weighted by molar-refractivity contribution is -0.141. The Morgan fingerprint density at radius 1 is 1.43 bits per heavy atom. The molecular weight excluding hydrogens is 376 g/mol. The zero-order valence-electron chi connectivity index (χ0n) is 16.8.